The van der Waals surface area contributed by atoms with Crippen LogP contribution in [0.3, 0.4) is 0 Å². The first-order valence-electron chi connectivity index (χ1n) is 7.70. The van der Waals surface area contributed by atoms with Gasteiger partial charge in [0.1, 0.15) is 5.52 Å². The Hall–Kier alpha value is -2.17. The second kappa shape index (κ2) is 6.73. The van der Waals surface area contributed by atoms with Gasteiger partial charge in [-0.3, -0.25) is 4.68 Å². The molecule has 5 nitrogen and oxygen atoms in total. The highest BCUT2D eigenvalue weighted by atomic mass is 15.3. The quantitative estimate of drug-likeness (QED) is 0.716. The summed E-state index contributed by atoms with van der Waals surface area (Å²) in [4.78, 5) is 8.50. The fourth-order valence-corrected chi connectivity index (χ4v) is 2.41. The van der Waals surface area contributed by atoms with Gasteiger partial charge in [0.05, 0.1) is 12.0 Å². The average molecular weight is 299 g/mol. The number of aryl methyl sites for hydroxylation is 2. The van der Waals surface area contributed by atoms with Gasteiger partial charge in [-0.05, 0) is 59.7 Å². The fourth-order valence-electron chi connectivity index (χ4n) is 2.41. The van der Waals surface area contributed by atoms with Crippen molar-refractivity contribution in [2.45, 2.75) is 53.6 Å². The minimum Gasteiger partial charge on any atom is -0.313 e. The van der Waals surface area contributed by atoms with Gasteiger partial charge in [-0.1, -0.05) is 0 Å². The maximum absolute atomic E-state index is 4.33. The van der Waals surface area contributed by atoms with E-state index in [0.717, 1.165) is 16.9 Å². The van der Waals surface area contributed by atoms with Crippen molar-refractivity contribution in [3.63, 3.8) is 0 Å². The summed E-state index contributed by atoms with van der Waals surface area (Å²) in [6.45, 7) is 12.6. The van der Waals surface area contributed by atoms with Gasteiger partial charge in [0.15, 0.2) is 5.65 Å². The van der Waals surface area contributed by atoms with Crippen LogP contribution in [0.25, 0.3) is 11.2 Å². The molecule has 22 heavy (non-hydrogen) atoms. The molecule has 3 aromatic heterocycles. The lowest BCUT2D eigenvalue weighted by Crippen LogP contribution is -2.04. The number of nitrogens with zero attached hydrogens (tertiary/aromatic N) is 5. The van der Waals surface area contributed by atoms with Crippen molar-refractivity contribution < 1.29 is 0 Å². The summed E-state index contributed by atoms with van der Waals surface area (Å²) in [5, 5.41) is 4.33. The first-order valence-corrected chi connectivity index (χ1v) is 7.70. The van der Waals surface area contributed by atoms with E-state index in [2.05, 4.69) is 60.3 Å². The largest absolute Gasteiger partial charge is 0.313 e. The highest BCUT2D eigenvalue weighted by Gasteiger charge is 2.04. The number of imidazole rings is 1. The lowest BCUT2D eigenvalue weighted by Gasteiger charge is -2.06. The highest BCUT2D eigenvalue weighted by Crippen LogP contribution is 2.13. The van der Waals surface area contributed by atoms with Gasteiger partial charge in [-0.2, -0.15) is 5.10 Å². The second-order valence-corrected chi connectivity index (χ2v) is 6.06. The van der Waals surface area contributed by atoms with Crippen LogP contribution in [0, 0.1) is 13.8 Å². The molecular weight excluding hydrogens is 274 g/mol. The number of rotatable bonds is 2. The van der Waals surface area contributed by atoms with Crippen molar-refractivity contribution in [1.82, 2.24) is 24.3 Å². The zero-order valence-electron chi connectivity index (χ0n) is 14.3. The molecule has 0 saturated heterocycles. The third-order valence-corrected chi connectivity index (χ3v) is 3.42. The van der Waals surface area contributed by atoms with Gasteiger partial charge in [-0.15, -0.1) is 0 Å². The molecular formula is C17H25N5. The number of hydrogen-bond donors (Lipinski definition) is 0. The molecule has 0 aliphatic carbocycles. The monoisotopic (exact) mass is 299 g/mol. The summed E-state index contributed by atoms with van der Waals surface area (Å²) in [6.07, 6.45) is 3.63. The van der Waals surface area contributed by atoms with E-state index in [9.17, 15) is 0 Å². The molecule has 3 heterocycles. The summed E-state index contributed by atoms with van der Waals surface area (Å²) in [5.74, 6) is 0. The number of pyridine rings is 1. The molecule has 0 N–H and O–H groups in total. The van der Waals surface area contributed by atoms with Crippen molar-refractivity contribution in [3.05, 3.63) is 42.1 Å². The number of fused-ring (bicyclic) bond motifs is 1. The molecule has 0 unspecified atom stereocenters. The van der Waals surface area contributed by atoms with E-state index in [4.69, 9.17) is 0 Å². The van der Waals surface area contributed by atoms with Crippen molar-refractivity contribution in [3.8, 4) is 0 Å². The fraction of sp³-hybridized carbons (Fsp3) is 0.471. The van der Waals surface area contributed by atoms with E-state index in [-0.39, 0.29) is 0 Å². The highest BCUT2D eigenvalue weighted by molar-refractivity contribution is 5.70. The normalized spacial score (nSPS) is 11.1. The van der Waals surface area contributed by atoms with E-state index in [0.29, 0.717) is 12.1 Å². The van der Waals surface area contributed by atoms with E-state index >= 15 is 0 Å². The molecule has 0 saturated carbocycles. The van der Waals surface area contributed by atoms with Crippen LogP contribution in [-0.2, 0) is 0 Å². The van der Waals surface area contributed by atoms with Crippen LogP contribution in [0.5, 0.6) is 0 Å². The van der Waals surface area contributed by atoms with Crippen LogP contribution in [0.4, 0.5) is 0 Å². The molecule has 118 valence electrons. The minimum absolute atomic E-state index is 0.421. The Labute approximate surface area is 132 Å². The van der Waals surface area contributed by atoms with E-state index < -0.39 is 0 Å². The molecule has 3 aromatic rings. The average Bonchev–Trinajstić information content (AvgIpc) is 3.02. The van der Waals surface area contributed by atoms with Crippen molar-refractivity contribution in [1.29, 1.82) is 0 Å². The predicted molar refractivity (Wildman–Crippen MR) is 90.0 cm³/mol. The molecule has 0 atom stereocenters. The molecule has 0 spiro atoms. The van der Waals surface area contributed by atoms with Gasteiger partial charge in [-0.25, -0.2) is 9.97 Å². The number of aromatic nitrogens is 5. The second-order valence-electron chi connectivity index (χ2n) is 6.06. The van der Waals surface area contributed by atoms with E-state index in [1.54, 1.807) is 6.20 Å². The maximum Gasteiger partial charge on any atom is 0.160 e. The molecule has 0 amide bonds. The van der Waals surface area contributed by atoms with Crippen LogP contribution in [0.15, 0.2) is 30.7 Å². The summed E-state index contributed by atoms with van der Waals surface area (Å²) < 4.78 is 4.10. The maximum atomic E-state index is 4.33. The van der Waals surface area contributed by atoms with Gasteiger partial charge in [0.25, 0.3) is 0 Å². The van der Waals surface area contributed by atoms with Crippen LogP contribution in [0.1, 0.15) is 51.2 Å². The first kappa shape index (κ1) is 16.2. The minimum atomic E-state index is 0.421. The zero-order chi connectivity index (χ0) is 16.3. The SMILES string of the molecule is CC(C)n1cnc2cccnc21.Cc1cc(C)n(C(C)C)n1. The molecule has 0 radical (unpaired) electrons. The number of hydrogen-bond acceptors (Lipinski definition) is 3. The summed E-state index contributed by atoms with van der Waals surface area (Å²) >= 11 is 0. The van der Waals surface area contributed by atoms with Gasteiger partial charge >= 0.3 is 0 Å². The van der Waals surface area contributed by atoms with Crippen LogP contribution in [-0.4, -0.2) is 24.3 Å². The Morgan fingerprint density at radius 1 is 1.00 bits per heavy atom. The molecule has 3 rings (SSSR count). The topological polar surface area (TPSA) is 48.5 Å². The molecule has 0 aliphatic heterocycles. The lowest BCUT2D eigenvalue weighted by molar-refractivity contribution is 0.516. The molecule has 0 aliphatic rings. The standard InChI is InChI=1S/C9H11N3.C8H14N2/c1-7(2)12-6-11-8-4-3-5-10-9(8)12;1-6(2)10-8(4)5-7(3)9-10/h3-7H,1-2H3;5-6H,1-4H3. The Bertz CT molecular complexity index is 736. The van der Waals surface area contributed by atoms with E-state index in [1.807, 2.05) is 30.1 Å². The summed E-state index contributed by atoms with van der Waals surface area (Å²) in [5.41, 5.74) is 4.28. The Balaban J connectivity index is 0.000000164. The first-order chi connectivity index (χ1) is 10.4. The predicted octanol–water partition coefficient (Wildman–Crippen LogP) is 4.09. The molecule has 0 fully saturated rings. The Morgan fingerprint density at radius 2 is 1.73 bits per heavy atom. The van der Waals surface area contributed by atoms with Crippen molar-refractivity contribution in [2.75, 3.05) is 0 Å². The Kier molecular flexibility index (Phi) is 4.96. The summed E-state index contributed by atoms with van der Waals surface area (Å²) in [7, 11) is 0. The molecule has 0 aromatic carbocycles. The lowest BCUT2D eigenvalue weighted by atomic mass is 10.3. The van der Waals surface area contributed by atoms with Crippen molar-refractivity contribution >= 4 is 11.2 Å². The van der Waals surface area contributed by atoms with Crippen LogP contribution >= 0.6 is 0 Å². The molecule has 0 bridgehead atoms. The van der Waals surface area contributed by atoms with Gasteiger partial charge < -0.3 is 4.57 Å². The third kappa shape index (κ3) is 3.53. The zero-order valence-corrected chi connectivity index (χ0v) is 14.3. The van der Waals surface area contributed by atoms with Crippen LogP contribution in [0.2, 0.25) is 0 Å². The van der Waals surface area contributed by atoms with Gasteiger partial charge in [0.2, 0.25) is 0 Å². The third-order valence-electron chi connectivity index (χ3n) is 3.42. The Morgan fingerprint density at radius 3 is 2.23 bits per heavy atom. The smallest absolute Gasteiger partial charge is 0.160 e. The van der Waals surface area contributed by atoms with Crippen molar-refractivity contribution in [2.24, 2.45) is 0 Å². The molecule has 5 heteroatoms. The summed E-state index contributed by atoms with van der Waals surface area (Å²) in [6, 6.07) is 6.87. The van der Waals surface area contributed by atoms with Gasteiger partial charge in [0, 0.05) is 24.0 Å². The van der Waals surface area contributed by atoms with E-state index in [1.165, 1.54) is 5.69 Å². The van der Waals surface area contributed by atoms with Crippen LogP contribution < -0.4 is 0 Å².